The summed E-state index contributed by atoms with van der Waals surface area (Å²) in [6.07, 6.45) is 1.48. The zero-order valence-electron chi connectivity index (χ0n) is 10.5. The molecule has 10 heteroatoms. The number of carbonyl (C=O) groups is 1. The van der Waals surface area contributed by atoms with Crippen molar-refractivity contribution < 1.29 is 22.7 Å². The van der Waals surface area contributed by atoms with Crippen molar-refractivity contribution in [3.05, 3.63) is 46.9 Å². The molecule has 4 N–H and O–H groups in total. The second-order valence-corrected chi connectivity index (χ2v) is 6.05. The fourth-order valence-electron chi connectivity index (χ4n) is 1.69. The van der Waals surface area contributed by atoms with Crippen LogP contribution in [0, 0.1) is 0 Å². The van der Waals surface area contributed by atoms with Crippen LogP contribution in [0.4, 0.5) is 5.69 Å². The second-order valence-electron chi connectivity index (χ2n) is 4.11. The number of sulfonamides is 1. The number of primary sulfonamides is 1. The van der Waals surface area contributed by atoms with Crippen LogP contribution in [0.2, 0.25) is 5.02 Å². The Balaban J connectivity index is 0.00000242. The van der Waals surface area contributed by atoms with E-state index < -0.39 is 20.9 Å². The maximum atomic E-state index is 11.3. The van der Waals surface area contributed by atoms with Gasteiger partial charge in [0, 0.05) is 0 Å². The number of furan rings is 1. The van der Waals surface area contributed by atoms with Gasteiger partial charge in [0.15, 0.2) is 0 Å². The number of benzene rings is 1. The molecule has 7 nitrogen and oxygen atoms in total. The van der Waals surface area contributed by atoms with Crippen molar-refractivity contribution in [2.45, 2.75) is 11.4 Å². The van der Waals surface area contributed by atoms with E-state index in [9.17, 15) is 13.2 Å². The van der Waals surface area contributed by atoms with Crippen LogP contribution >= 0.6 is 11.6 Å². The summed E-state index contributed by atoms with van der Waals surface area (Å²) in [7, 11) is -4.11. The molecule has 0 spiro atoms. The summed E-state index contributed by atoms with van der Waals surface area (Å²) in [6.45, 7) is 0.221. The first kappa shape index (κ1) is 19.6. The number of carboxylic acid groups (broad SMARTS) is 1. The van der Waals surface area contributed by atoms with E-state index in [0.717, 1.165) is 6.07 Å². The molecule has 0 radical (unpaired) electrons. The zero-order chi connectivity index (χ0) is 15.6. The number of hydrogen-bond donors (Lipinski definition) is 3. The fraction of sp³-hybridized carbons (Fsp3) is 0.0833. The average Bonchev–Trinajstić information content (AvgIpc) is 2.87. The predicted octanol–water partition coefficient (Wildman–Crippen LogP) is 0.974. The average molecular weight is 470 g/mol. The first-order valence-corrected chi connectivity index (χ1v) is 7.57. The molecule has 1 heterocycles. The van der Waals surface area contributed by atoms with E-state index in [1.54, 1.807) is 12.1 Å². The Labute approximate surface area is 171 Å². The molecule has 0 aliphatic rings. The van der Waals surface area contributed by atoms with Gasteiger partial charge in [0.2, 0.25) is 10.0 Å². The van der Waals surface area contributed by atoms with Crippen molar-refractivity contribution >= 4 is 82.2 Å². The molecule has 1 aromatic carbocycles. The molecule has 0 aliphatic carbocycles. The first-order valence-electron chi connectivity index (χ1n) is 5.65. The third-order valence-electron chi connectivity index (χ3n) is 2.64. The molecule has 1 aromatic heterocycles. The first-order chi connectivity index (χ1) is 9.79. The van der Waals surface area contributed by atoms with Crippen molar-refractivity contribution in [2.75, 3.05) is 5.32 Å². The van der Waals surface area contributed by atoms with E-state index in [2.05, 4.69) is 5.32 Å². The van der Waals surface area contributed by atoms with Crippen LogP contribution in [0.15, 0.2) is 39.8 Å². The van der Waals surface area contributed by atoms with Gasteiger partial charge in [0.05, 0.1) is 29.1 Å². The summed E-state index contributed by atoms with van der Waals surface area (Å²) < 4.78 is 27.8. The summed E-state index contributed by atoms with van der Waals surface area (Å²) in [5, 5.41) is 16.8. The number of halogens is 1. The summed E-state index contributed by atoms with van der Waals surface area (Å²) in [6, 6.07) is 5.51. The number of nitrogens with one attached hydrogen (secondary N) is 1. The number of hydrogen-bond acceptors (Lipinski definition) is 5. The van der Waals surface area contributed by atoms with Gasteiger partial charge in [-0.3, -0.25) is 0 Å². The van der Waals surface area contributed by atoms with Crippen LogP contribution in [0.1, 0.15) is 16.1 Å². The Morgan fingerprint density at radius 1 is 1.41 bits per heavy atom. The van der Waals surface area contributed by atoms with Gasteiger partial charge in [-0.25, -0.2) is 18.4 Å². The van der Waals surface area contributed by atoms with Gasteiger partial charge in [-0.2, -0.15) is 0 Å². The fourth-order valence-corrected chi connectivity index (χ4v) is 2.79. The molecule has 0 aliphatic heterocycles. The molecular weight excluding hydrogens is 457 g/mol. The van der Waals surface area contributed by atoms with Crippen LogP contribution in [0.5, 0.6) is 0 Å². The topological polar surface area (TPSA) is 123 Å². The molecule has 0 saturated heterocycles. The quantitative estimate of drug-likeness (QED) is 0.561. The van der Waals surface area contributed by atoms with Gasteiger partial charge >= 0.3 is 54.9 Å². The molecule has 22 heavy (non-hydrogen) atoms. The molecule has 2 rings (SSSR count). The number of rotatable bonds is 5. The van der Waals surface area contributed by atoms with Gasteiger partial charge in [0.1, 0.15) is 10.7 Å². The van der Waals surface area contributed by atoms with Crippen LogP contribution in [-0.4, -0.2) is 68.4 Å². The van der Waals surface area contributed by atoms with Gasteiger partial charge in [-0.1, -0.05) is 11.6 Å². The summed E-state index contributed by atoms with van der Waals surface area (Å²) in [5.41, 5.74) is -0.0914. The molecule has 2 aromatic rings. The standard InChI is InChI=1S/C12H11ClN2O5S.Ba.2H/c13-9-5-10(15-6-7-2-1-3-20-7)8(12(16)17)4-11(9)21(14,18)19;;;/h1-5,15H,6H2,(H,16,17)(H2,14,18,19);;;. The Morgan fingerprint density at radius 2 is 2.09 bits per heavy atom. The van der Waals surface area contributed by atoms with E-state index in [-0.39, 0.29) is 71.7 Å². The van der Waals surface area contributed by atoms with E-state index in [1.807, 2.05) is 0 Å². The normalized spacial score (nSPS) is 10.8. The van der Waals surface area contributed by atoms with E-state index in [4.69, 9.17) is 26.3 Å². The Bertz CT molecular complexity index is 777. The van der Waals surface area contributed by atoms with Crippen LogP contribution in [-0.2, 0) is 16.6 Å². The zero-order valence-corrected chi connectivity index (χ0v) is 12.1. The molecule has 0 fully saturated rings. The van der Waals surface area contributed by atoms with Gasteiger partial charge < -0.3 is 14.8 Å². The number of nitrogens with two attached hydrogens (primary N) is 1. The molecule has 0 atom stereocenters. The third kappa shape index (κ3) is 4.77. The second kappa shape index (κ2) is 7.88. The van der Waals surface area contributed by atoms with Gasteiger partial charge in [0.25, 0.3) is 0 Å². The van der Waals surface area contributed by atoms with Gasteiger partial charge in [-0.05, 0) is 24.3 Å². The molecule has 0 bridgehead atoms. The number of carboxylic acids is 1. The minimum absolute atomic E-state index is 0. The van der Waals surface area contributed by atoms with Crippen LogP contribution < -0.4 is 10.5 Å². The van der Waals surface area contributed by atoms with Crippen molar-refractivity contribution in [3.8, 4) is 0 Å². The molecule has 116 valence electrons. The summed E-state index contributed by atoms with van der Waals surface area (Å²) in [5.74, 6) is -0.725. The third-order valence-corrected chi connectivity index (χ3v) is 4.02. The van der Waals surface area contributed by atoms with Crippen molar-refractivity contribution in [1.82, 2.24) is 0 Å². The SMILES string of the molecule is NS(=O)(=O)c1cc(C(=O)O)c(NCc2ccco2)cc1Cl.[BaH2]. The number of anilines is 1. The van der Waals surface area contributed by atoms with E-state index in [0.29, 0.717) is 5.76 Å². The predicted molar refractivity (Wildman–Crippen MR) is 84.4 cm³/mol. The number of aromatic carboxylic acids is 1. The van der Waals surface area contributed by atoms with E-state index >= 15 is 0 Å². The van der Waals surface area contributed by atoms with Gasteiger partial charge in [-0.15, -0.1) is 0 Å². The van der Waals surface area contributed by atoms with Crippen molar-refractivity contribution in [1.29, 1.82) is 0 Å². The molecule has 0 unspecified atom stereocenters. The van der Waals surface area contributed by atoms with E-state index in [1.165, 1.54) is 12.3 Å². The minimum atomic E-state index is -4.11. The van der Waals surface area contributed by atoms with Crippen LogP contribution in [0.25, 0.3) is 0 Å². The molecular formula is C12H13BaClN2O5S. The summed E-state index contributed by atoms with van der Waals surface area (Å²) >= 11 is 5.84. The Kier molecular flexibility index (Phi) is 7.02. The monoisotopic (exact) mass is 470 g/mol. The maximum absolute atomic E-state index is 11.3. The van der Waals surface area contributed by atoms with Crippen molar-refractivity contribution in [2.24, 2.45) is 5.14 Å². The Hall–Kier alpha value is -0.459. The van der Waals surface area contributed by atoms with Crippen LogP contribution in [0.3, 0.4) is 0 Å². The molecule has 0 amide bonds. The van der Waals surface area contributed by atoms with Crippen molar-refractivity contribution in [3.63, 3.8) is 0 Å². The summed E-state index contributed by atoms with van der Waals surface area (Å²) in [4.78, 5) is 10.8. The Morgan fingerprint density at radius 3 is 2.59 bits per heavy atom. The molecule has 0 saturated carbocycles.